The van der Waals surface area contributed by atoms with E-state index in [-0.39, 0.29) is 34.2 Å². The van der Waals surface area contributed by atoms with Crippen LogP contribution in [-0.4, -0.2) is 50.8 Å². The second kappa shape index (κ2) is 11.4. The molecule has 1 N–H and O–H groups in total. The Morgan fingerprint density at radius 1 is 0.907 bits per heavy atom. The molecule has 0 aliphatic carbocycles. The van der Waals surface area contributed by atoms with Gasteiger partial charge in [0.05, 0.1) is 11.8 Å². The van der Waals surface area contributed by atoms with Gasteiger partial charge in [0.25, 0.3) is 0 Å². The summed E-state index contributed by atoms with van der Waals surface area (Å²) in [6, 6.07) is 2.68. The summed E-state index contributed by atoms with van der Waals surface area (Å²) in [6.07, 6.45) is -3.32. The van der Waals surface area contributed by atoms with Crippen LogP contribution >= 0.6 is 0 Å². The van der Waals surface area contributed by atoms with Crippen LogP contribution in [0.3, 0.4) is 0 Å². The molecule has 1 fully saturated rings. The van der Waals surface area contributed by atoms with E-state index in [2.05, 4.69) is 20.4 Å². The number of benzene rings is 2. The third-order valence-corrected chi connectivity index (χ3v) is 6.43. The number of carbonyl (C=O) groups excluding carboxylic acids is 2. The second-order valence-electron chi connectivity index (χ2n) is 9.36. The Morgan fingerprint density at radius 3 is 2.21 bits per heavy atom. The van der Waals surface area contributed by atoms with Crippen LogP contribution in [0.2, 0.25) is 0 Å². The number of hydrogen-bond donors (Lipinski definition) is 1. The molecule has 226 valence electrons. The van der Waals surface area contributed by atoms with E-state index in [0.717, 1.165) is 37.7 Å². The lowest BCUT2D eigenvalue weighted by Crippen LogP contribution is -2.40. The Bertz CT molecular complexity index is 1710. The summed E-state index contributed by atoms with van der Waals surface area (Å²) < 4.78 is 114. The van der Waals surface area contributed by atoms with Crippen LogP contribution in [0.15, 0.2) is 30.6 Å². The largest absolute Gasteiger partial charge is 0.451 e. The summed E-state index contributed by atoms with van der Waals surface area (Å²) in [5.41, 5.74) is -0.448. The predicted octanol–water partition coefficient (Wildman–Crippen LogP) is 5.56. The first kappa shape index (κ1) is 29.7. The second-order valence-corrected chi connectivity index (χ2v) is 9.36. The van der Waals surface area contributed by atoms with Crippen molar-refractivity contribution in [2.24, 2.45) is 0 Å². The van der Waals surface area contributed by atoms with Crippen molar-refractivity contribution in [2.45, 2.75) is 31.9 Å². The Hall–Kier alpha value is -4.83. The normalized spacial score (nSPS) is 13.8. The summed E-state index contributed by atoms with van der Waals surface area (Å²) in [5.74, 6) is -14.3. The molecule has 2 aromatic heterocycles. The Kier molecular flexibility index (Phi) is 7.90. The molecule has 9 nitrogen and oxygen atoms in total. The molecule has 4 aromatic rings. The van der Waals surface area contributed by atoms with E-state index in [4.69, 9.17) is 4.74 Å². The maximum absolute atomic E-state index is 15.5. The van der Waals surface area contributed by atoms with Gasteiger partial charge in [0.15, 0.2) is 17.3 Å². The number of nitrogens with zero attached hydrogens (tertiary/aromatic N) is 5. The van der Waals surface area contributed by atoms with Gasteiger partial charge in [0, 0.05) is 30.8 Å². The SMILES string of the molecule is O=C(CC(=O)C(F)(F)F)Nc1ncnc2c1c(-c1ccc(Oc3c(F)c(F)cc(F)c3F)cc1F)nn2N1CCCCC1. The minimum atomic E-state index is -5.25. The molecule has 0 spiro atoms. The summed E-state index contributed by atoms with van der Waals surface area (Å²) in [4.78, 5) is 33.0. The van der Waals surface area contributed by atoms with Crippen molar-refractivity contribution in [2.75, 3.05) is 23.4 Å². The standard InChI is InChI=1S/C26H18F8N6O3/c27-14-8-12(43-23-20(30)15(28)9-16(29)21(23)31)4-5-13(14)22-19-24(37-18(42)10-17(41)26(32,33)34)35-11-36-25(19)40(38-22)39-6-2-1-3-7-39/h4-5,8-9,11H,1-3,6-7,10H2,(H,35,36,37,42). The number of hydrogen-bond acceptors (Lipinski definition) is 7. The average Bonchev–Trinajstić information content (AvgIpc) is 3.34. The highest BCUT2D eigenvalue weighted by molar-refractivity contribution is 6.10. The van der Waals surface area contributed by atoms with E-state index in [0.29, 0.717) is 19.2 Å². The fourth-order valence-electron chi connectivity index (χ4n) is 4.42. The van der Waals surface area contributed by atoms with Gasteiger partial charge in [-0.25, -0.2) is 23.1 Å². The van der Waals surface area contributed by atoms with Crippen molar-refractivity contribution in [3.63, 3.8) is 0 Å². The molecule has 0 atom stereocenters. The highest BCUT2D eigenvalue weighted by Gasteiger charge is 2.39. The number of halogens is 8. The lowest BCUT2D eigenvalue weighted by molar-refractivity contribution is -0.171. The molecule has 1 amide bonds. The van der Waals surface area contributed by atoms with Gasteiger partial charge in [0.2, 0.25) is 29.1 Å². The molecule has 0 radical (unpaired) electrons. The Labute approximate surface area is 236 Å². The van der Waals surface area contributed by atoms with Crippen molar-refractivity contribution in [1.29, 1.82) is 0 Å². The topological polar surface area (TPSA) is 102 Å². The molecular formula is C26H18F8N6O3. The summed E-state index contributed by atoms with van der Waals surface area (Å²) in [7, 11) is 0. The fourth-order valence-corrected chi connectivity index (χ4v) is 4.42. The molecule has 2 aromatic carbocycles. The van der Waals surface area contributed by atoms with Crippen LogP contribution in [0.5, 0.6) is 11.5 Å². The first-order chi connectivity index (χ1) is 20.3. The summed E-state index contributed by atoms with van der Waals surface area (Å²) in [5, 5.41) is 8.20. The number of ether oxygens (including phenoxy) is 1. The number of anilines is 1. The van der Waals surface area contributed by atoms with E-state index < -0.39 is 64.9 Å². The Balaban J connectivity index is 1.57. The lowest BCUT2D eigenvalue weighted by Gasteiger charge is -2.28. The number of amides is 1. The molecule has 43 heavy (non-hydrogen) atoms. The number of ketones is 1. The van der Waals surface area contributed by atoms with E-state index in [1.807, 2.05) is 0 Å². The molecule has 17 heteroatoms. The van der Waals surface area contributed by atoms with Gasteiger partial charge in [-0.2, -0.15) is 26.7 Å². The number of rotatable bonds is 7. The van der Waals surface area contributed by atoms with Crippen LogP contribution in [0, 0.1) is 29.1 Å². The van der Waals surface area contributed by atoms with E-state index in [9.17, 15) is 40.3 Å². The fraction of sp³-hybridized carbons (Fsp3) is 0.269. The molecule has 1 saturated heterocycles. The first-order valence-corrected chi connectivity index (χ1v) is 12.5. The van der Waals surface area contributed by atoms with Crippen LogP contribution in [-0.2, 0) is 9.59 Å². The number of carbonyl (C=O) groups is 2. The number of aromatic nitrogens is 4. The maximum atomic E-state index is 15.5. The highest BCUT2D eigenvalue weighted by atomic mass is 19.4. The zero-order valence-electron chi connectivity index (χ0n) is 21.6. The van der Waals surface area contributed by atoms with Crippen LogP contribution in [0.25, 0.3) is 22.3 Å². The van der Waals surface area contributed by atoms with Crippen molar-refractivity contribution in [1.82, 2.24) is 19.9 Å². The number of alkyl halides is 3. The third-order valence-electron chi connectivity index (χ3n) is 6.43. The van der Waals surface area contributed by atoms with Crippen LogP contribution in [0.4, 0.5) is 40.9 Å². The molecule has 0 unspecified atom stereocenters. The molecule has 1 aliphatic heterocycles. The molecule has 0 bridgehead atoms. The lowest BCUT2D eigenvalue weighted by atomic mass is 10.1. The van der Waals surface area contributed by atoms with Gasteiger partial charge in [-0.15, -0.1) is 5.10 Å². The zero-order chi connectivity index (χ0) is 31.1. The first-order valence-electron chi connectivity index (χ1n) is 12.5. The number of nitrogens with one attached hydrogen (secondary N) is 1. The van der Waals surface area contributed by atoms with Gasteiger partial charge >= 0.3 is 6.18 Å². The van der Waals surface area contributed by atoms with Crippen molar-refractivity contribution in [3.8, 4) is 22.8 Å². The van der Waals surface area contributed by atoms with Crippen LogP contribution in [0.1, 0.15) is 25.7 Å². The van der Waals surface area contributed by atoms with Crippen molar-refractivity contribution < 1.29 is 49.4 Å². The summed E-state index contributed by atoms with van der Waals surface area (Å²) >= 11 is 0. The van der Waals surface area contributed by atoms with E-state index >= 15 is 4.39 Å². The minimum Gasteiger partial charge on any atom is -0.451 e. The van der Waals surface area contributed by atoms with Crippen LogP contribution < -0.4 is 15.1 Å². The average molecular weight is 614 g/mol. The molecule has 5 rings (SSSR count). The highest BCUT2D eigenvalue weighted by Crippen LogP contribution is 2.37. The number of fused-ring (bicyclic) bond motifs is 1. The maximum Gasteiger partial charge on any atom is 0.450 e. The van der Waals surface area contributed by atoms with Gasteiger partial charge in [-0.3, -0.25) is 14.6 Å². The predicted molar refractivity (Wildman–Crippen MR) is 133 cm³/mol. The van der Waals surface area contributed by atoms with Gasteiger partial charge in [-0.05, 0) is 31.4 Å². The minimum absolute atomic E-state index is 0.0253. The summed E-state index contributed by atoms with van der Waals surface area (Å²) in [6.45, 7) is 1.02. The smallest absolute Gasteiger partial charge is 0.450 e. The zero-order valence-corrected chi connectivity index (χ0v) is 21.6. The molecule has 3 heterocycles. The van der Waals surface area contributed by atoms with Gasteiger partial charge in [0.1, 0.15) is 29.4 Å². The van der Waals surface area contributed by atoms with Gasteiger partial charge < -0.3 is 10.1 Å². The van der Waals surface area contributed by atoms with E-state index in [1.165, 1.54) is 4.79 Å². The van der Waals surface area contributed by atoms with Crippen molar-refractivity contribution >= 4 is 28.5 Å². The quantitative estimate of drug-likeness (QED) is 0.165. The monoisotopic (exact) mass is 614 g/mol. The third kappa shape index (κ3) is 5.91. The molecule has 0 saturated carbocycles. The number of piperidine rings is 1. The van der Waals surface area contributed by atoms with E-state index in [1.54, 1.807) is 5.01 Å². The van der Waals surface area contributed by atoms with Crippen molar-refractivity contribution in [3.05, 3.63) is 59.7 Å². The molecule has 1 aliphatic rings. The molecular weight excluding hydrogens is 596 g/mol. The number of Topliss-reactive ketones (excluding diaryl/α,β-unsaturated/α-hetero) is 1. The van der Waals surface area contributed by atoms with Gasteiger partial charge in [-0.1, -0.05) is 0 Å². The Morgan fingerprint density at radius 2 is 1.58 bits per heavy atom.